The fourth-order valence-corrected chi connectivity index (χ4v) is 7.91. The van der Waals surface area contributed by atoms with Crippen LogP contribution in [0, 0.1) is 17.7 Å². The van der Waals surface area contributed by atoms with Gasteiger partial charge in [-0.25, -0.2) is 14.2 Å². The molecule has 0 radical (unpaired) electrons. The Morgan fingerprint density at radius 3 is 2.68 bits per heavy atom. The molecule has 3 heterocycles. The van der Waals surface area contributed by atoms with E-state index < -0.39 is 11.8 Å². The SMILES string of the molecule is COC(=O)c1cc(F)c2nc(N3CC4CCC(OCc5c(-c6c(Cl)cccc6Cl)noc5C5CC5)CC4C3)sc2c1. The number of carbonyl (C=O) groups excluding carboxylic acids is 1. The summed E-state index contributed by atoms with van der Waals surface area (Å²) in [4.78, 5) is 18.8. The Kier molecular flexibility index (Phi) is 7.17. The van der Waals surface area contributed by atoms with Crippen molar-refractivity contribution in [2.45, 2.75) is 50.7 Å². The molecular formula is C30H28Cl2FN3O4S. The highest BCUT2D eigenvalue weighted by Crippen LogP contribution is 2.47. The maximum Gasteiger partial charge on any atom is 0.338 e. The molecular weight excluding hydrogens is 588 g/mol. The fraction of sp³-hybridized carbons (Fsp3) is 0.433. The van der Waals surface area contributed by atoms with Crippen LogP contribution in [0.25, 0.3) is 21.5 Å². The maximum absolute atomic E-state index is 14.7. The number of hydrogen-bond donors (Lipinski definition) is 0. The van der Waals surface area contributed by atoms with Gasteiger partial charge in [0.05, 0.1) is 40.1 Å². The van der Waals surface area contributed by atoms with Gasteiger partial charge in [-0.1, -0.05) is 45.8 Å². The van der Waals surface area contributed by atoms with Crippen LogP contribution in [-0.4, -0.2) is 42.4 Å². The van der Waals surface area contributed by atoms with E-state index in [1.165, 1.54) is 24.5 Å². The molecule has 0 N–H and O–H groups in total. The average Bonchev–Trinajstić information content (AvgIpc) is 3.37. The van der Waals surface area contributed by atoms with Gasteiger partial charge in [0.25, 0.3) is 0 Å². The third-order valence-corrected chi connectivity index (χ3v) is 10.3. The Hall–Kier alpha value is -2.72. The summed E-state index contributed by atoms with van der Waals surface area (Å²) in [6.07, 6.45) is 5.25. The number of halogens is 3. The van der Waals surface area contributed by atoms with E-state index in [1.807, 2.05) is 18.2 Å². The lowest BCUT2D eigenvalue weighted by Crippen LogP contribution is -2.28. The van der Waals surface area contributed by atoms with Crippen molar-refractivity contribution in [3.05, 3.63) is 63.1 Å². The van der Waals surface area contributed by atoms with Gasteiger partial charge in [-0.2, -0.15) is 0 Å². The zero-order chi connectivity index (χ0) is 28.2. The van der Waals surface area contributed by atoms with Crippen LogP contribution in [-0.2, 0) is 16.1 Å². The minimum absolute atomic E-state index is 0.114. The number of anilines is 1. The number of aromatic nitrogens is 2. The molecule has 3 unspecified atom stereocenters. The van der Waals surface area contributed by atoms with Crippen LogP contribution < -0.4 is 4.90 Å². The first-order valence-corrected chi connectivity index (χ1v) is 15.4. The lowest BCUT2D eigenvalue weighted by atomic mass is 9.80. The van der Waals surface area contributed by atoms with Crippen LogP contribution in [0.4, 0.5) is 9.52 Å². The number of fused-ring (bicyclic) bond motifs is 2. The number of benzene rings is 2. The van der Waals surface area contributed by atoms with Gasteiger partial charge in [0.15, 0.2) is 10.9 Å². The van der Waals surface area contributed by atoms with E-state index in [-0.39, 0.29) is 11.7 Å². The predicted molar refractivity (Wildman–Crippen MR) is 156 cm³/mol. The van der Waals surface area contributed by atoms with Crippen LogP contribution in [0.2, 0.25) is 10.0 Å². The summed E-state index contributed by atoms with van der Waals surface area (Å²) < 4.78 is 32.5. The quantitative estimate of drug-likeness (QED) is 0.196. The summed E-state index contributed by atoms with van der Waals surface area (Å²) in [5.74, 6) is 1.18. The monoisotopic (exact) mass is 615 g/mol. The zero-order valence-corrected chi connectivity index (χ0v) is 24.7. The summed E-state index contributed by atoms with van der Waals surface area (Å²) in [6, 6.07) is 8.29. The molecule has 3 atom stereocenters. The number of esters is 1. The topological polar surface area (TPSA) is 77.7 Å². The van der Waals surface area contributed by atoms with Gasteiger partial charge in [0.1, 0.15) is 17.0 Å². The molecule has 7 nitrogen and oxygen atoms in total. The highest BCUT2D eigenvalue weighted by atomic mass is 35.5. The van der Waals surface area contributed by atoms with E-state index in [0.717, 1.165) is 61.6 Å². The molecule has 214 valence electrons. The van der Waals surface area contributed by atoms with Crippen molar-refractivity contribution in [2.24, 2.45) is 11.8 Å². The van der Waals surface area contributed by atoms with Crippen molar-refractivity contribution in [1.82, 2.24) is 10.1 Å². The molecule has 2 aromatic heterocycles. The molecule has 2 saturated carbocycles. The van der Waals surface area contributed by atoms with E-state index in [2.05, 4.69) is 15.0 Å². The van der Waals surface area contributed by atoms with Crippen molar-refractivity contribution < 1.29 is 23.2 Å². The average molecular weight is 617 g/mol. The van der Waals surface area contributed by atoms with E-state index in [1.54, 1.807) is 6.07 Å². The second kappa shape index (κ2) is 10.8. The third-order valence-electron chi connectivity index (χ3n) is 8.56. The van der Waals surface area contributed by atoms with Gasteiger partial charge < -0.3 is 18.9 Å². The van der Waals surface area contributed by atoms with Gasteiger partial charge in [-0.3, -0.25) is 0 Å². The van der Waals surface area contributed by atoms with Crippen molar-refractivity contribution >= 4 is 55.9 Å². The smallest absolute Gasteiger partial charge is 0.338 e. The number of rotatable bonds is 7. The highest BCUT2D eigenvalue weighted by Gasteiger charge is 2.40. The second-order valence-corrected chi connectivity index (χ2v) is 13.0. The zero-order valence-electron chi connectivity index (χ0n) is 22.4. The van der Waals surface area contributed by atoms with Gasteiger partial charge in [-0.05, 0) is 68.2 Å². The number of methoxy groups -OCH3 is 1. The van der Waals surface area contributed by atoms with Gasteiger partial charge >= 0.3 is 5.97 Å². The first-order chi connectivity index (χ1) is 19.9. The highest BCUT2D eigenvalue weighted by molar-refractivity contribution is 7.22. The maximum atomic E-state index is 14.7. The number of thiazole rings is 1. The van der Waals surface area contributed by atoms with Crippen molar-refractivity contribution in [3.8, 4) is 11.3 Å². The minimum Gasteiger partial charge on any atom is -0.465 e. The molecule has 1 saturated heterocycles. The molecule has 2 aromatic carbocycles. The number of nitrogens with zero attached hydrogens (tertiary/aromatic N) is 3. The molecule has 11 heteroatoms. The third kappa shape index (κ3) is 5.11. The Balaban J connectivity index is 1.05. The first-order valence-electron chi connectivity index (χ1n) is 13.9. The lowest BCUT2D eigenvalue weighted by molar-refractivity contribution is -0.00495. The van der Waals surface area contributed by atoms with E-state index in [4.69, 9.17) is 37.2 Å². The molecule has 1 aliphatic heterocycles. The Bertz CT molecular complexity index is 1620. The van der Waals surface area contributed by atoms with Crippen molar-refractivity contribution in [2.75, 3.05) is 25.1 Å². The summed E-state index contributed by atoms with van der Waals surface area (Å²) in [7, 11) is 1.29. The molecule has 41 heavy (non-hydrogen) atoms. The molecule has 2 aliphatic carbocycles. The van der Waals surface area contributed by atoms with Gasteiger partial charge in [0.2, 0.25) is 0 Å². The summed E-state index contributed by atoms with van der Waals surface area (Å²) in [5, 5.41) is 6.25. The Labute approximate surface area is 250 Å². The number of hydrogen-bond acceptors (Lipinski definition) is 8. The van der Waals surface area contributed by atoms with Crippen LogP contribution in [0.5, 0.6) is 0 Å². The van der Waals surface area contributed by atoms with Gasteiger partial charge in [0, 0.05) is 30.1 Å². The van der Waals surface area contributed by atoms with Crippen LogP contribution >= 0.6 is 34.5 Å². The minimum atomic E-state index is -0.559. The standard InChI is InChI=1S/C30H28Cl2FN3O4S/c1-38-29(37)17-10-23(33)27-24(11-17)41-30(34-27)36-12-16-7-8-19(9-18(16)13-36)39-14-20-26(35-40-28(20)15-5-6-15)25-21(31)3-2-4-22(25)32/h2-4,10-11,15-16,18-19H,5-9,12-14H2,1H3. The van der Waals surface area contributed by atoms with E-state index >= 15 is 0 Å². The van der Waals surface area contributed by atoms with Crippen LogP contribution in [0.3, 0.4) is 0 Å². The molecule has 0 spiro atoms. The lowest BCUT2D eigenvalue weighted by Gasteiger charge is -2.30. The Morgan fingerprint density at radius 1 is 1.15 bits per heavy atom. The molecule has 3 aliphatic rings. The fourth-order valence-electron chi connectivity index (χ4n) is 6.29. The number of carbonyl (C=O) groups is 1. The normalized spacial score (nSPS) is 22.3. The summed E-state index contributed by atoms with van der Waals surface area (Å²) >= 11 is 14.5. The largest absolute Gasteiger partial charge is 0.465 e. The Morgan fingerprint density at radius 2 is 1.93 bits per heavy atom. The summed E-state index contributed by atoms with van der Waals surface area (Å²) in [5.41, 5.74) is 2.79. The summed E-state index contributed by atoms with van der Waals surface area (Å²) in [6.45, 7) is 2.13. The van der Waals surface area contributed by atoms with Crippen LogP contribution in [0.1, 0.15) is 59.7 Å². The van der Waals surface area contributed by atoms with E-state index in [0.29, 0.717) is 55.9 Å². The van der Waals surface area contributed by atoms with Crippen LogP contribution in [0.15, 0.2) is 34.9 Å². The molecule has 4 aromatic rings. The predicted octanol–water partition coefficient (Wildman–Crippen LogP) is 7.88. The van der Waals surface area contributed by atoms with E-state index in [9.17, 15) is 9.18 Å². The molecule has 0 bridgehead atoms. The van der Waals surface area contributed by atoms with Gasteiger partial charge in [-0.15, -0.1) is 0 Å². The number of ether oxygens (including phenoxy) is 2. The second-order valence-electron chi connectivity index (χ2n) is 11.2. The van der Waals surface area contributed by atoms with Crippen molar-refractivity contribution in [3.63, 3.8) is 0 Å². The molecule has 3 fully saturated rings. The molecule has 7 rings (SSSR count). The first kappa shape index (κ1) is 27.1. The molecule has 0 amide bonds. The van der Waals surface area contributed by atoms with Crippen molar-refractivity contribution in [1.29, 1.82) is 0 Å².